The molecule has 6 nitrogen and oxygen atoms in total. The smallest absolute Gasteiger partial charge is 0.264 e. The van der Waals surface area contributed by atoms with Crippen molar-refractivity contribution in [2.75, 3.05) is 16.2 Å². The van der Waals surface area contributed by atoms with Crippen LogP contribution in [0.15, 0.2) is 59.5 Å². The summed E-state index contributed by atoms with van der Waals surface area (Å²) in [6.07, 6.45) is 1.45. The lowest BCUT2D eigenvalue weighted by Crippen LogP contribution is -2.35. The molecule has 0 atom stereocenters. The Morgan fingerprint density at radius 1 is 1.03 bits per heavy atom. The Morgan fingerprint density at radius 3 is 2.65 bits per heavy atom. The summed E-state index contributed by atoms with van der Waals surface area (Å²) in [6.45, 7) is 0.320. The highest BCUT2D eigenvalue weighted by Gasteiger charge is 2.29. The molecule has 1 aliphatic heterocycles. The van der Waals surface area contributed by atoms with Gasteiger partial charge in [0.05, 0.1) is 15.3 Å². The number of para-hydroxylation sites is 1. The molecular weight excluding hydrogens is 487 g/mol. The zero-order valence-corrected chi connectivity index (χ0v) is 19.0. The average molecular weight is 504 g/mol. The van der Waals surface area contributed by atoms with Crippen molar-refractivity contribution in [2.45, 2.75) is 17.7 Å². The quantitative estimate of drug-likeness (QED) is 0.393. The molecule has 0 fully saturated rings. The van der Waals surface area contributed by atoms with E-state index in [9.17, 15) is 26.4 Å². The molecule has 1 amide bonds. The van der Waals surface area contributed by atoms with Crippen LogP contribution in [0.4, 0.5) is 24.0 Å². The van der Waals surface area contributed by atoms with Gasteiger partial charge in [0.15, 0.2) is 22.6 Å². The highest BCUT2D eigenvalue weighted by Crippen LogP contribution is 2.33. The fourth-order valence-electron chi connectivity index (χ4n) is 3.87. The maximum absolute atomic E-state index is 13.9. The molecule has 0 radical (unpaired) electrons. The van der Waals surface area contributed by atoms with E-state index in [2.05, 4.69) is 10.3 Å². The van der Waals surface area contributed by atoms with E-state index in [4.69, 9.17) is 0 Å². The predicted octanol–water partition coefficient (Wildman–Crippen LogP) is 5.11. The molecule has 11 heteroatoms. The zero-order chi connectivity index (χ0) is 24.0. The van der Waals surface area contributed by atoms with E-state index in [-0.39, 0.29) is 20.3 Å². The molecular formula is C23H16F3N3O3S2. The lowest BCUT2D eigenvalue weighted by atomic mass is 10.0. The topological polar surface area (TPSA) is 79.4 Å². The Hall–Kier alpha value is -3.44. The standard InChI is InChI=1S/C23H16F3N3O3S2/c24-16-12-18-21(20(26)19(16)25)27-23(33-18)28-22(30)14-6-3-8-15(11-14)34(31,32)29-10-4-7-13-5-1-2-9-17(13)29/h1-3,5-6,8-9,11-12H,4,7,10H2,(H,27,28,30). The van der Waals surface area contributed by atoms with Crippen molar-refractivity contribution in [1.29, 1.82) is 0 Å². The van der Waals surface area contributed by atoms with Gasteiger partial charge in [-0.15, -0.1) is 0 Å². The molecule has 0 saturated carbocycles. The van der Waals surface area contributed by atoms with Crippen molar-refractivity contribution in [1.82, 2.24) is 4.98 Å². The van der Waals surface area contributed by atoms with Gasteiger partial charge >= 0.3 is 0 Å². The van der Waals surface area contributed by atoms with Crippen LogP contribution in [0, 0.1) is 17.5 Å². The fourth-order valence-corrected chi connectivity index (χ4v) is 6.34. The molecule has 4 aromatic rings. The van der Waals surface area contributed by atoms with Crippen molar-refractivity contribution in [3.8, 4) is 0 Å². The number of nitrogens with zero attached hydrogens (tertiary/aromatic N) is 2. The molecule has 0 unspecified atom stereocenters. The number of carbonyl (C=O) groups excluding carboxylic acids is 1. The number of hydrogen-bond acceptors (Lipinski definition) is 5. The summed E-state index contributed by atoms with van der Waals surface area (Å²) in [6, 6.07) is 13.6. The van der Waals surface area contributed by atoms with Gasteiger partial charge in [0.25, 0.3) is 15.9 Å². The maximum Gasteiger partial charge on any atom is 0.264 e. The first kappa shape index (κ1) is 22.4. The zero-order valence-electron chi connectivity index (χ0n) is 17.4. The number of thiazole rings is 1. The van der Waals surface area contributed by atoms with Crippen LogP contribution in [0.1, 0.15) is 22.3 Å². The second-order valence-electron chi connectivity index (χ2n) is 7.64. The summed E-state index contributed by atoms with van der Waals surface area (Å²) in [4.78, 5) is 16.5. The minimum atomic E-state index is -3.93. The molecule has 34 heavy (non-hydrogen) atoms. The van der Waals surface area contributed by atoms with Crippen LogP contribution in [0.25, 0.3) is 10.2 Å². The Morgan fingerprint density at radius 2 is 1.82 bits per heavy atom. The SMILES string of the molecule is O=C(Nc1nc2c(F)c(F)c(F)cc2s1)c1cccc(S(=O)(=O)N2CCCc3ccccc32)c1. The Labute approximate surface area is 196 Å². The molecule has 0 bridgehead atoms. The van der Waals surface area contributed by atoms with Gasteiger partial charge in [-0.25, -0.2) is 26.6 Å². The number of anilines is 2. The second-order valence-corrected chi connectivity index (χ2v) is 10.5. The summed E-state index contributed by atoms with van der Waals surface area (Å²) in [5, 5.41) is 2.35. The van der Waals surface area contributed by atoms with Crippen LogP contribution in [-0.4, -0.2) is 25.9 Å². The van der Waals surface area contributed by atoms with E-state index < -0.39 is 38.9 Å². The summed E-state index contributed by atoms with van der Waals surface area (Å²) in [5.41, 5.74) is 1.17. The number of aromatic nitrogens is 1. The van der Waals surface area contributed by atoms with E-state index in [0.717, 1.165) is 29.4 Å². The Bertz CT molecular complexity index is 1550. The first-order chi connectivity index (χ1) is 16.3. The summed E-state index contributed by atoms with van der Waals surface area (Å²) >= 11 is 0.766. The molecule has 5 rings (SSSR count). The van der Waals surface area contributed by atoms with Gasteiger partial charge < -0.3 is 0 Å². The van der Waals surface area contributed by atoms with Crippen LogP contribution in [0.3, 0.4) is 0 Å². The van der Waals surface area contributed by atoms with E-state index in [1.165, 1.54) is 28.6 Å². The average Bonchev–Trinajstić information content (AvgIpc) is 3.24. The lowest BCUT2D eigenvalue weighted by molar-refractivity contribution is 0.102. The van der Waals surface area contributed by atoms with Crippen molar-refractivity contribution in [2.24, 2.45) is 0 Å². The molecule has 1 N–H and O–H groups in total. The molecule has 174 valence electrons. The van der Waals surface area contributed by atoms with Crippen molar-refractivity contribution in [3.05, 3.63) is 83.2 Å². The number of fused-ring (bicyclic) bond motifs is 2. The number of benzene rings is 3. The third-order valence-corrected chi connectivity index (χ3v) is 8.22. The van der Waals surface area contributed by atoms with Crippen molar-refractivity contribution >= 4 is 48.3 Å². The third-order valence-electron chi connectivity index (χ3n) is 5.49. The Kier molecular flexibility index (Phi) is 5.53. The summed E-state index contributed by atoms with van der Waals surface area (Å²) < 4.78 is 69.0. The van der Waals surface area contributed by atoms with Gasteiger partial charge in [0.1, 0.15) is 5.52 Å². The molecule has 0 saturated heterocycles. The number of aryl methyl sites for hydroxylation is 1. The number of hydrogen-bond donors (Lipinski definition) is 1. The minimum Gasteiger partial charge on any atom is -0.298 e. The van der Waals surface area contributed by atoms with Gasteiger partial charge in [-0.05, 0) is 48.7 Å². The van der Waals surface area contributed by atoms with Crippen LogP contribution in [0.2, 0.25) is 0 Å². The van der Waals surface area contributed by atoms with Gasteiger partial charge in [-0.3, -0.25) is 14.4 Å². The van der Waals surface area contributed by atoms with Crippen LogP contribution >= 0.6 is 11.3 Å². The Balaban J connectivity index is 1.44. The minimum absolute atomic E-state index is 0.0202. The lowest BCUT2D eigenvalue weighted by Gasteiger charge is -2.30. The van der Waals surface area contributed by atoms with Crippen molar-refractivity contribution < 1.29 is 26.4 Å². The highest BCUT2D eigenvalue weighted by molar-refractivity contribution is 7.92. The van der Waals surface area contributed by atoms with Gasteiger partial charge in [-0.1, -0.05) is 35.6 Å². The summed E-state index contributed by atoms with van der Waals surface area (Å²) in [5.74, 6) is -5.14. The first-order valence-electron chi connectivity index (χ1n) is 10.2. The van der Waals surface area contributed by atoms with Gasteiger partial charge in [-0.2, -0.15) is 0 Å². The maximum atomic E-state index is 13.9. The molecule has 0 spiro atoms. The van der Waals surface area contributed by atoms with E-state index in [0.29, 0.717) is 18.7 Å². The molecule has 1 aromatic heterocycles. The monoisotopic (exact) mass is 503 g/mol. The molecule has 3 aromatic carbocycles. The number of nitrogens with one attached hydrogen (secondary N) is 1. The third kappa shape index (κ3) is 3.80. The second kappa shape index (κ2) is 8.41. The van der Waals surface area contributed by atoms with Crippen molar-refractivity contribution in [3.63, 3.8) is 0 Å². The molecule has 1 aliphatic rings. The van der Waals surface area contributed by atoms with Crippen LogP contribution in [0.5, 0.6) is 0 Å². The van der Waals surface area contributed by atoms with E-state index in [1.807, 2.05) is 12.1 Å². The van der Waals surface area contributed by atoms with E-state index in [1.54, 1.807) is 12.1 Å². The van der Waals surface area contributed by atoms with Crippen LogP contribution < -0.4 is 9.62 Å². The summed E-state index contributed by atoms with van der Waals surface area (Å²) in [7, 11) is -3.93. The van der Waals surface area contributed by atoms with Gasteiger partial charge in [0, 0.05) is 12.1 Å². The number of rotatable bonds is 4. The normalized spacial score (nSPS) is 13.7. The first-order valence-corrected chi connectivity index (χ1v) is 12.5. The number of carbonyl (C=O) groups is 1. The molecule has 0 aliphatic carbocycles. The van der Waals surface area contributed by atoms with Gasteiger partial charge in [0.2, 0.25) is 0 Å². The number of sulfonamides is 1. The predicted molar refractivity (Wildman–Crippen MR) is 123 cm³/mol. The van der Waals surface area contributed by atoms with Crippen LogP contribution in [-0.2, 0) is 16.4 Å². The number of halogens is 3. The molecule has 2 heterocycles. The largest absolute Gasteiger partial charge is 0.298 e. The fraction of sp³-hybridized carbons (Fsp3) is 0.130. The van der Waals surface area contributed by atoms with E-state index >= 15 is 0 Å². The number of amides is 1. The highest BCUT2D eigenvalue weighted by atomic mass is 32.2.